The Morgan fingerprint density at radius 2 is 1.80 bits per heavy atom. The van der Waals surface area contributed by atoms with Gasteiger partial charge in [0.15, 0.2) is 0 Å². The number of amides is 1. The Labute approximate surface area is 274 Å². The minimum Gasteiger partial charge on any atom is -0.481 e. The van der Waals surface area contributed by atoms with Gasteiger partial charge in [-0.25, -0.2) is 17.8 Å². The number of aliphatic carboxylic acids is 1. The van der Waals surface area contributed by atoms with Crippen molar-refractivity contribution in [2.24, 2.45) is 18.9 Å². The Morgan fingerprint density at radius 3 is 2.41 bits per heavy atom. The summed E-state index contributed by atoms with van der Waals surface area (Å²) in [6, 6.07) is 12.6. The number of rotatable bonds is 8. The summed E-state index contributed by atoms with van der Waals surface area (Å²) in [5.74, 6) is -6.10. The number of fused-ring (bicyclic) bond motifs is 1. The average molecular weight is 774 g/mol. The fourth-order valence-electron chi connectivity index (χ4n) is 5.87. The molecule has 3 atom stereocenters. The monoisotopic (exact) mass is 773 g/mol. The number of anilines is 3. The predicted octanol–water partition coefficient (Wildman–Crippen LogP) is 6.12. The van der Waals surface area contributed by atoms with Gasteiger partial charge in [-0.3, -0.25) is 13.9 Å². The highest BCUT2D eigenvalue weighted by molar-refractivity contribution is 14.1. The first-order valence-corrected chi connectivity index (χ1v) is 16.9. The van der Waals surface area contributed by atoms with Crippen molar-refractivity contribution in [2.45, 2.75) is 36.3 Å². The summed E-state index contributed by atoms with van der Waals surface area (Å²) in [6.45, 7) is 0. The number of nitrogens with one attached hydrogen (secondary N) is 1. The molecule has 0 aliphatic heterocycles. The summed E-state index contributed by atoms with van der Waals surface area (Å²) in [5, 5.41) is 12.4. The third-order valence-corrected chi connectivity index (χ3v) is 11.2. The number of hydrogen-bond donors (Lipinski definition) is 3. The molecular formula is C30H28F4IN5O5S. The quantitative estimate of drug-likeness (QED) is 0.0846. The molecule has 1 aliphatic rings. The lowest BCUT2D eigenvalue weighted by atomic mass is 9.69. The van der Waals surface area contributed by atoms with Gasteiger partial charge in [0.2, 0.25) is 11.9 Å². The summed E-state index contributed by atoms with van der Waals surface area (Å²) in [4.78, 5) is 29.9. The maximum absolute atomic E-state index is 14.4. The second-order valence-corrected chi connectivity index (χ2v) is 13.5. The van der Waals surface area contributed by atoms with E-state index in [0.717, 1.165) is 6.07 Å². The van der Waals surface area contributed by atoms with Crippen molar-refractivity contribution in [3.05, 3.63) is 77.6 Å². The van der Waals surface area contributed by atoms with Crippen molar-refractivity contribution in [1.29, 1.82) is 0 Å². The lowest BCUT2D eigenvalue weighted by Crippen LogP contribution is -2.40. The normalized spacial score (nSPS) is 18.8. The van der Waals surface area contributed by atoms with Gasteiger partial charge < -0.3 is 20.7 Å². The molecule has 0 unspecified atom stereocenters. The number of nitrogens with zero attached hydrogens (tertiary/aromatic N) is 3. The smallest absolute Gasteiger partial charge is 0.416 e. The van der Waals surface area contributed by atoms with E-state index in [9.17, 15) is 40.7 Å². The van der Waals surface area contributed by atoms with Crippen molar-refractivity contribution in [2.75, 3.05) is 19.9 Å². The lowest BCUT2D eigenvalue weighted by molar-refractivity contribution is -0.148. The topological polar surface area (TPSA) is 148 Å². The van der Waals surface area contributed by atoms with Crippen LogP contribution in [0.25, 0.3) is 11.0 Å². The summed E-state index contributed by atoms with van der Waals surface area (Å²) in [6.07, 6.45) is -3.73. The maximum Gasteiger partial charge on any atom is 0.416 e. The van der Waals surface area contributed by atoms with Crippen molar-refractivity contribution in [3.63, 3.8) is 0 Å². The van der Waals surface area contributed by atoms with E-state index in [4.69, 9.17) is 5.73 Å². The Balaban J connectivity index is 1.38. The number of hydrogen-bond acceptors (Lipinski definition) is 6. The first kappa shape index (κ1) is 33.4. The summed E-state index contributed by atoms with van der Waals surface area (Å²) < 4.78 is 83.4. The number of nitrogens with two attached hydrogens (primary N) is 1. The second-order valence-electron chi connectivity index (χ2n) is 10.9. The molecule has 4 aromatic rings. The van der Waals surface area contributed by atoms with Gasteiger partial charge in [0.05, 0.1) is 49.3 Å². The molecule has 244 valence electrons. The van der Waals surface area contributed by atoms with Crippen LogP contribution in [0.5, 0.6) is 0 Å². The van der Waals surface area contributed by atoms with Crippen LogP contribution in [0.4, 0.5) is 34.9 Å². The van der Waals surface area contributed by atoms with Crippen LogP contribution in [0.15, 0.2) is 65.6 Å². The van der Waals surface area contributed by atoms with Gasteiger partial charge in [-0.05, 0) is 72.9 Å². The first-order valence-electron chi connectivity index (χ1n) is 13.9. The van der Waals surface area contributed by atoms with Crippen molar-refractivity contribution < 1.29 is 40.7 Å². The van der Waals surface area contributed by atoms with Crippen LogP contribution in [0.2, 0.25) is 0 Å². The van der Waals surface area contributed by atoms with Gasteiger partial charge in [-0.1, -0.05) is 41.1 Å². The molecule has 1 amide bonds. The Hall–Kier alpha value is -3.93. The predicted molar refractivity (Wildman–Crippen MR) is 171 cm³/mol. The maximum atomic E-state index is 14.4. The standard InChI is InChI=1S/C30H28F4IN5O5S/c1-39-25-12-10-19(14-24(25)38-29(39)36)46(44,45)40(15-35)18-8-5-16(6-9-18)20-3-2-4-21(26(20)28(42)43)27(41)37-23-11-7-17(13-22(23)31)30(32,33)34/h5-14,20-21,26H,2-4,15H2,1H3,(H2,36,38)(H,37,41)(H,42,43)/t20-,21-,26-/m1/s1. The fourth-order valence-corrected chi connectivity index (χ4v) is 8.65. The van der Waals surface area contributed by atoms with Gasteiger partial charge >= 0.3 is 12.1 Å². The molecule has 46 heavy (non-hydrogen) atoms. The fraction of sp³-hybridized carbons (Fsp3) is 0.300. The van der Waals surface area contributed by atoms with E-state index in [-0.39, 0.29) is 27.9 Å². The van der Waals surface area contributed by atoms with Crippen LogP contribution in [-0.2, 0) is 32.8 Å². The summed E-state index contributed by atoms with van der Waals surface area (Å²) in [5.41, 5.74) is 6.12. The number of sulfonamides is 1. The summed E-state index contributed by atoms with van der Waals surface area (Å²) >= 11 is 1.93. The van der Waals surface area contributed by atoms with Crippen LogP contribution in [0, 0.1) is 17.7 Å². The molecule has 0 spiro atoms. The van der Waals surface area contributed by atoms with Crippen LogP contribution < -0.4 is 15.4 Å². The lowest BCUT2D eigenvalue weighted by Gasteiger charge is -2.35. The van der Waals surface area contributed by atoms with Gasteiger partial charge in [-0.15, -0.1) is 0 Å². The number of carbonyl (C=O) groups is 2. The molecule has 0 saturated heterocycles. The molecule has 5 rings (SSSR count). The molecular weight excluding hydrogens is 745 g/mol. The van der Waals surface area contributed by atoms with Crippen molar-refractivity contribution in [3.8, 4) is 0 Å². The molecule has 4 N–H and O–H groups in total. The van der Waals surface area contributed by atoms with E-state index >= 15 is 0 Å². The Morgan fingerprint density at radius 1 is 1.11 bits per heavy atom. The molecule has 1 heterocycles. The number of halogens is 5. The van der Waals surface area contributed by atoms with Gasteiger partial charge in [0, 0.05) is 7.05 Å². The zero-order valence-electron chi connectivity index (χ0n) is 24.1. The first-order chi connectivity index (χ1) is 21.6. The van der Waals surface area contributed by atoms with E-state index in [1.54, 1.807) is 41.9 Å². The Bertz CT molecular complexity index is 1920. The number of benzene rings is 3. The molecule has 10 nitrogen and oxygen atoms in total. The van der Waals surface area contributed by atoms with Crippen LogP contribution in [0.1, 0.15) is 36.3 Å². The van der Waals surface area contributed by atoms with Gasteiger partial charge in [0.1, 0.15) is 5.82 Å². The number of nitrogen functional groups attached to an aromatic ring is 1. The van der Waals surface area contributed by atoms with Crippen LogP contribution in [-0.4, -0.2) is 39.5 Å². The molecule has 1 aromatic heterocycles. The largest absolute Gasteiger partial charge is 0.481 e. The van der Waals surface area contributed by atoms with Crippen LogP contribution >= 0.6 is 22.6 Å². The number of carbonyl (C=O) groups excluding carboxylic acids is 1. The minimum absolute atomic E-state index is 0.00963. The zero-order chi connectivity index (χ0) is 33.6. The highest BCUT2D eigenvalue weighted by atomic mass is 127. The highest BCUT2D eigenvalue weighted by Crippen LogP contribution is 2.43. The third kappa shape index (κ3) is 6.36. The SMILES string of the molecule is Cn1c(N)nc2cc(S(=O)(=O)N(CI)c3ccc([C@H]4CCC[C@@H](C(=O)Nc5ccc(C(F)(F)F)cc5F)[C@@H]4C(=O)O)cc3)ccc21. The number of aryl methyl sites for hydroxylation is 1. The van der Waals surface area contributed by atoms with Gasteiger partial charge in [0.25, 0.3) is 10.0 Å². The van der Waals surface area contributed by atoms with Gasteiger partial charge in [-0.2, -0.15) is 13.2 Å². The molecule has 3 aromatic carbocycles. The van der Waals surface area contributed by atoms with E-state index in [2.05, 4.69) is 10.3 Å². The highest BCUT2D eigenvalue weighted by Gasteiger charge is 2.43. The zero-order valence-corrected chi connectivity index (χ0v) is 27.1. The van der Waals surface area contributed by atoms with E-state index in [0.29, 0.717) is 41.2 Å². The average Bonchev–Trinajstić information content (AvgIpc) is 3.29. The molecule has 1 fully saturated rings. The summed E-state index contributed by atoms with van der Waals surface area (Å²) in [7, 11) is -2.31. The second kappa shape index (κ2) is 12.7. The van der Waals surface area contributed by atoms with E-state index < -0.39 is 62.9 Å². The Kier molecular flexibility index (Phi) is 9.23. The molecule has 16 heteroatoms. The number of carboxylic acid groups (broad SMARTS) is 1. The third-order valence-electron chi connectivity index (χ3n) is 8.27. The van der Waals surface area contributed by atoms with Crippen LogP contribution in [0.3, 0.4) is 0 Å². The molecule has 1 aliphatic carbocycles. The number of carboxylic acids is 1. The molecule has 0 radical (unpaired) electrons. The number of imidazole rings is 1. The number of aromatic nitrogens is 2. The van der Waals surface area contributed by atoms with E-state index in [1.807, 2.05) is 22.6 Å². The van der Waals surface area contributed by atoms with E-state index in [1.165, 1.54) is 16.4 Å². The minimum atomic E-state index is -4.77. The van der Waals surface area contributed by atoms with Crippen molar-refractivity contribution in [1.82, 2.24) is 9.55 Å². The molecule has 1 saturated carbocycles. The van der Waals surface area contributed by atoms with Crippen molar-refractivity contribution >= 4 is 72.8 Å². The number of alkyl halides is 4. The molecule has 0 bridgehead atoms.